The normalized spacial score (nSPS) is 11.4. The number of fused-ring (bicyclic) bond motifs is 1. The number of halogens is 1. The Kier molecular flexibility index (Phi) is 10.5. The number of carbonyl (C=O) groups is 2. The highest BCUT2D eigenvalue weighted by Gasteiger charge is 2.20. The molecule has 0 bridgehead atoms. The maximum atomic E-state index is 13.3. The van der Waals surface area contributed by atoms with Crippen molar-refractivity contribution in [1.29, 1.82) is 0 Å². The minimum absolute atomic E-state index is 0.0462. The van der Waals surface area contributed by atoms with Crippen LogP contribution < -0.4 is 5.32 Å². The van der Waals surface area contributed by atoms with Gasteiger partial charge >= 0.3 is 0 Å². The summed E-state index contributed by atoms with van der Waals surface area (Å²) >= 11 is 3.39. The second-order valence-corrected chi connectivity index (χ2v) is 11.2. The molecule has 0 aliphatic carbocycles. The molecule has 1 N–H and O–H groups in total. The number of nitrogens with zero attached hydrogens (tertiary/aromatic N) is 3. The molecule has 3 aromatic rings. The standard InChI is InChI=1S/C29H39BrN4O2/c1-21(2)18-33(19-22(3)4)28(35)20-34-26-11-8-7-10-25(26)32-27(34)12-6-5-9-17-31-29(36)23-13-15-24(30)16-14-23/h7-8,10-11,13-16,21-22H,5-6,9,12,17-20H2,1-4H3,(H,31,36). The highest BCUT2D eigenvalue weighted by atomic mass is 79.9. The third-order valence-electron chi connectivity index (χ3n) is 6.02. The van der Waals surface area contributed by atoms with E-state index in [2.05, 4.69) is 53.5 Å². The van der Waals surface area contributed by atoms with Crippen LogP contribution in [0.5, 0.6) is 0 Å². The van der Waals surface area contributed by atoms with Gasteiger partial charge in [-0.25, -0.2) is 4.98 Å². The van der Waals surface area contributed by atoms with Crippen LogP contribution in [0.25, 0.3) is 11.0 Å². The Labute approximate surface area is 223 Å². The molecular weight excluding hydrogens is 516 g/mol. The molecule has 0 fully saturated rings. The predicted octanol–water partition coefficient (Wildman–Crippen LogP) is 6.08. The summed E-state index contributed by atoms with van der Waals surface area (Å²) in [6.45, 7) is 11.1. The fraction of sp³-hybridized carbons (Fsp3) is 0.483. The second-order valence-electron chi connectivity index (χ2n) is 10.3. The Bertz CT molecular complexity index is 1130. The highest BCUT2D eigenvalue weighted by Crippen LogP contribution is 2.19. The lowest BCUT2D eigenvalue weighted by atomic mass is 10.1. The Morgan fingerprint density at radius 1 is 0.944 bits per heavy atom. The maximum Gasteiger partial charge on any atom is 0.251 e. The van der Waals surface area contributed by atoms with E-state index < -0.39 is 0 Å². The predicted molar refractivity (Wildman–Crippen MR) is 150 cm³/mol. The molecule has 194 valence electrons. The van der Waals surface area contributed by atoms with Crippen LogP contribution in [0.3, 0.4) is 0 Å². The summed E-state index contributed by atoms with van der Waals surface area (Å²) < 4.78 is 3.06. The Balaban J connectivity index is 1.57. The lowest BCUT2D eigenvalue weighted by molar-refractivity contribution is -0.132. The number of carbonyl (C=O) groups excluding carboxylic acids is 2. The van der Waals surface area contributed by atoms with Crippen molar-refractivity contribution in [2.75, 3.05) is 19.6 Å². The van der Waals surface area contributed by atoms with Gasteiger partial charge in [-0.3, -0.25) is 9.59 Å². The summed E-state index contributed by atoms with van der Waals surface area (Å²) in [6.07, 6.45) is 3.63. The molecule has 2 aromatic carbocycles. The Hall–Kier alpha value is -2.67. The second kappa shape index (κ2) is 13.6. The quantitative estimate of drug-likeness (QED) is 0.260. The van der Waals surface area contributed by atoms with E-state index in [4.69, 9.17) is 4.98 Å². The summed E-state index contributed by atoms with van der Waals surface area (Å²) in [4.78, 5) is 32.5. The zero-order chi connectivity index (χ0) is 26.1. The molecule has 1 aromatic heterocycles. The monoisotopic (exact) mass is 554 g/mol. The van der Waals surface area contributed by atoms with E-state index in [0.29, 0.717) is 30.5 Å². The number of imidazole rings is 1. The molecule has 36 heavy (non-hydrogen) atoms. The Morgan fingerprint density at radius 3 is 2.28 bits per heavy atom. The van der Waals surface area contributed by atoms with E-state index >= 15 is 0 Å². The fourth-order valence-corrected chi connectivity index (χ4v) is 4.64. The molecule has 0 saturated carbocycles. The number of benzene rings is 2. The van der Waals surface area contributed by atoms with Crippen molar-refractivity contribution >= 4 is 38.8 Å². The van der Waals surface area contributed by atoms with Gasteiger partial charge in [-0.05, 0) is 61.1 Å². The first-order chi connectivity index (χ1) is 17.2. The summed E-state index contributed by atoms with van der Waals surface area (Å²) in [5, 5.41) is 2.99. The van der Waals surface area contributed by atoms with Crippen molar-refractivity contribution in [3.05, 3.63) is 64.4 Å². The molecule has 0 atom stereocenters. The molecule has 0 spiro atoms. The van der Waals surface area contributed by atoms with E-state index in [1.165, 1.54) is 0 Å². The molecule has 0 radical (unpaired) electrons. The molecule has 7 heteroatoms. The van der Waals surface area contributed by atoms with Gasteiger partial charge in [-0.15, -0.1) is 0 Å². The number of hydrogen-bond acceptors (Lipinski definition) is 3. The highest BCUT2D eigenvalue weighted by molar-refractivity contribution is 9.10. The maximum absolute atomic E-state index is 13.3. The summed E-state index contributed by atoms with van der Waals surface area (Å²) in [5.74, 6) is 1.91. The first-order valence-corrected chi connectivity index (χ1v) is 13.8. The van der Waals surface area contributed by atoms with Crippen molar-refractivity contribution in [2.24, 2.45) is 11.8 Å². The van der Waals surface area contributed by atoms with Crippen molar-refractivity contribution in [2.45, 2.75) is 59.9 Å². The van der Waals surface area contributed by atoms with Gasteiger partial charge in [0.15, 0.2) is 0 Å². The van der Waals surface area contributed by atoms with Crippen LogP contribution in [0.1, 0.15) is 63.1 Å². The molecule has 0 aliphatic rings. The number of unbranched alkanes of at least 4 members (excludes halogenated alkanes) is 2. The molecule has 0 unspecified atom stereocenters. The summed E-state index contributed by atoms with van der Waals surface area (Å²) in [6, 6.07) is 15.4. The number of hydrogen-bond donors (Lipinski definition) is 1. The van der Waals surface area contributed by atoms with Crippen molar-refractivity contribution < 1.29 is 9.59 Å². The van der Waals surface area contributed by atoms with Gasteiger partial charge in [-0.2, -0.15) is 0 Å². The lowest BCUT2D eigenvalue weighted by Crippen LogP contribution is -2.39. The minimum Gasteiger partial charge on any atom is -0.352 e. The van der Waals surface area contributed by atoms with Gasteiger partial charge in [0, 0.05) is 36.1 Å². The average Bonchev–Trinajstić information content (AvgIpc) is 3.17. The van der Waals surface area contributed by atoms with Crippen LogP contribution in [0.4, 0.5) is 0 Å². The SMILES string of the molecule is CC(C)CN(CC(C)C)C(=O)Cn1c(CCCCCNC(=O)c2ccc(Br)cc2)nc2ccccc21. The molecule has 1 heterocycles. The van der Waals surface area contributed by atoms with Crippen LogP contribution >= 0.6 is 15.9 Å². The smallest absolute Gasteiger partial charge is 0.251 e. The third kappa shape index (κ3) is 8.19. The van der Waals surface area contributed by atoms with Crippen LogP contribution in [0, 0.1) is 11.8 Å². The number of aromatic nitrogens is 2. The number of para-hydroxylation sites is 2. The minimum atomic E-state index is -0.0462. The molecule has 3 rings (SSSR count). The van der Waals surface area contributed by atoms with Gasteiger partial charge in [0.25, 0.3) is 5.91 Å². The van der Waals surface area contributed by atoms with Gasteiger partial charge in [0.2, 0.25) is 5.91 Å². The van der Waals surface area contributed by atoms with Crippen LogP contribution in [0.15, 0.2) is 53.0 Å². The lowest BCUT2D eigenvalue weighted by Gasteiger charge is -2.27. The van der Waals surface area contributed by atoms with E-state index in [1.54, 1.807) is 0 Å². The zero-order valence-electron chi connectivity index (χ0n) is 22.0. The fourth-order valence-electron chi connectivity index (χ4n) is 4.38. The van der Waals surface area contributed by atoms with E-state index in [0.717, 1.165) is 60.1 Å². The topological polar surface area (TPSA) is 67.2 Å². The molecule has 6 nitrogen and oxygen atoms in total. The van der Waals surface area contributed by atoms with Gasteiger partial charge < -0.3 is 14.8 Å². The number of nitrogens with one attached hydrogen (secondary N) is 1. The number of aryl methyl sites for hydroxylation is 1. The molecule has 0 aliphatic heterocycles. The largest absolute Gasteiger partial charge is 0.352 e. The molecular formula is C29H39BrN4O2. The first kappa shape index (κ1) is 27.9. The van der Waals surface area contributed by atoms with Gasteiger partial charge in [0.1, 0.15) is 12.4 Å². The number of amides is 2. The Morgan fingerprint density at radius 2 is 1.61 bits per heavy atom. The van der Waals surface area contributed by atoms with Gasteiger partial charge in [0.05, 0.1) is 11.0 Å². The van der Waals surface area contributed by atoms with E-state index in [-0.39, 0.29) is 11.8 Å². The van der Waals surface area contributed by atoms with Crippen LogP contribution in [-0.4, -0.2) is 45.9 Å². The average molecular weight is 556 g/mol. The van der Waals surface area contributed by atoms with E-state index in [1.807, 2.05) is 53.4 Å². The molecule has 0 saturated heterocycles. The van der Waals surface area contributed by atoms with Gasteiger partial charge in [-0.1, -0.05) is 62.2 Å². The first-order valence-electron chi connectivity index (χ1n) is 13.0. The number of rotatable bonds is 13. The van der Waals surface area contributed by atoms with Crippen LogP contribution in [0.2, 0.25) is 0 Å². The molecule has 2 amide bonds. The van der Waals surface area contributed by atoms with Crippen LogP contribution in [-0.2, 0) is 17.8 Å². The third-order valence-corrected chi connectivity index (χ3v) is 6.55. The van der Waals surface area contributed by atoms with Crippen molar-refractivity contribution in [1.82, 2.24) is 19.8 Å². The summed E-state index contributed by atoms with van der Waals surface area (Å²) in [7, 11) is 0. The zero-order valence-corrected chi connectivity index (χ0v) is 23.6. The van der Waals surface area contributed by atoms with Crippen molar-refractivity contribution in [3.63, 3.8) is 0 Å². The summed E-state index contributed by atoms with van der Waals surface area (Å²) in [5.41, 5.74) is 2.61. The van der Waals surface area contributed by atoms with E-state index in [9.17, 15) is 9.59 Å². The van der Waals surface area contributed by atoms with Crippen molar-refractivity contribution in [3.8, 4) is 0 Å².